The van der Waals surface area contributed by atoms with Crippen LogP contribution >= 0.6 is 11.6 Å². The van der Waals surface area contributed by atoms with E-state index >= 15 is 0 Å². The van der Waals surface area contributed by atoms with Gasteiger partial charge in [-0.3, -0.25) is 9.48 Å². The third-order valence-electron chi connectivity index (χ3n) is 10.4. The minimum absolute atomic E-state index is 0.0474. The molecular formula is C35H42ClN5O5S. The lowest BCUT2D eigenvalue weighted by Crippen LogP contribution is -2.47. The summed E-state index contributed by atoms with van der Waals surface area (Å²) in [5.41, 5.74) is 3.37. The van der Waals surface area contributed by atoms with Crippen molar-refractivity contribution in [1.29, 1.82) is 0 Å². The molecule has 0 unspecified atom stereocenters. The van der Waals surface area contributed by atoms with Crippen LogP contribution in [0.15, 0.2) is 54.9 Å². The summed E-state index contributed by atoms with van der Waals surface area (Å²) in [4.78, 5) is 20.2. The summed E-state index contributed by atoms with van der Waals surface area (Å²) >= 11 is 6.35. The first-order chi connectivity index (χ1) is 22.7. The molecule has 47 heavy (non-hydrogen) atoms. The third-order valence-corrected chi connectivity index (χ3v) is 12.5. The monoisotopic (exact) mass is 679 g/mol. The number of aryl methyl sites for hydroxylation is 2. The highest BCUT2D eigenvalue weighted by molar-refractivity contribution is 7.90. The SMILES string of the molecule is Cn1cnc(CO[C@H]2/C=C/C[C@H]3CC[C@@H]3S(=O)(=O)NC(=O)c3ccc4c(c3)N(CCCCc3cc(Cl)ccc3CO4)C[C@@H]3CC[C@H]32)n1. The van der Waals surface area contributed by atoms with Crippen molar-refractivity contribution in [1.82, 2.24) is 19.5 Å². The summed E-state index contributed by atoms with van der Waals surface area (Å²) in [7, 11) is -2.01. The fourth-order valence-electron chi connectivity index (χ4n) is 7.43. The van der Waals surface area contributed by atoms with E-state index in [4.69, 9.17) is 21.1 Å². The molecule has 4 aliphatic rings. The summed E-state index contributed by atoms with van der Waals surface area (Å²) in [5, 5.41) is 4.51. The number of carbonyl (C=O) groups is 1. The van der Waals surface area contributed by atoms with Gasteiger partial charge in [0, 0.05) is 30.7 Å². The number of aromatic nitrogens is 3. The van der Waals surface area contributed by atoms with Crippen LogP contribution in [0.2, 0.25) is 5.02 Å². The Labute approximate surface area is 281 Å². The van der Waals surface area contributed by atoms with Crippen LogP contribution in [0.5, 0.6) is 5.75 Å². The highest BCUT2D eigenvalue weighted by Crippen LogP contribution is 2.43. The quantitative estimate of drug-likeness (QED) is 0.356. The van der Waals surface area contributed by atoms with E-state index in [0.29, 0.717) is 54.1 Å². The molecule has 1 N–H and O–H groups in total. The van der Waals surface area contributed by atoms with Crippen LogP contribution in [0.4, 0.5) is 5.69 Å². The molecule has 2 aromatic carbocycles. The zero-order chi connectivity index (χ0) is 32.5. The van der Waals surface area contributed by atoms with Crippen molar-refractivity contribution in [2.75, 3.05) is 18.0 Å². The number of allylic oxidation sites excluding steroid dienone is 1. The van der Waals surface area contributed by atoms with Crippen LogP contribution in [-0.4, -0.2) is 53.5 Å². The largest absolute Gasteiger partial charge is 0.487 e. The van der Waals surface area contributed by atoms with Crippen molar-refractivity contribution in [3.63, 3.8) is 0 Å². The van der Waals surface area contributed by atoms with Crippen molar-refractivity contribution in [3.05, 3.63) is 82.4 Å². The van der Waals surface area contributed by atoms with E-state index < -0.39 is 21.2 Å². The number of ether oxygens (including phenoxy) is 2. The van der Waals surface area contributed by atoms with E-state index in [1.54, 1.807) is 29.2 Å². The first kappa shape index (κ1) is 32.2. The van der Waals surface area contributed by atoms with Gasteiger partial charge in [0.25, 0.3) is 5.91 Å². The van der Waals surface area contributed by atoms with Crippen LogP contribution in [0, 0.1) is 17.8 Å². The molecular weight excluding hydrogens is 638 g/mol. The van der Waals surface area contributed by atoms with Crippen molar-refractivity contribution < 1.29 is 22.7 Å². The van der Waals surface area contributed by atoms with Gasteiger partial charge < -0.3 is 14.4 Å². The number of nitrogens with one attached hydrogen (secondary N) is 1. The summed E-state index contributed by atoms with van der Waals surface area (Å²) in [6.07, 6.45) is 12.6. The minimum atomic E-state index is -3.85. The first-order valence-corrected chi connectivity index (χ1v) is 18.6. The molecule has 5 atom stereocenters. The van der Waals surface area contributed by atoms with Crippen molar-refractivity contribution in [2.45, 2.75) is 75.9 Å². The maximum atomic E-state index is 13.5. The molecule has 10 nitrogen and oxygen atoms in total. The fourth-order valence-corrected chi connectivity index (χ4v) is 9.35. The summed E-state index contributed by atoms with van der Waals surface area (Å²) in [5.74, 6) is 1.29. The first-order valence-electron chi connectivity index (χ1n) is 16.7. The molecule has 3 heterocycles. The average molecular weight is 680 g/mol. The second-order valence-electron chi connectivity index (χ2n) is 13.4. The maximum absolute atomic E-state index is 13.5. The van der Waals surface area contributed by atoms with Gasteiger partial charge in [0.05, 0.1) is 17.0 Å². The van der Waals surface area contributed by atoms with Gasteiger partial charge in [-0.05, 0) is 111 Å². The Morgan fingerprint density at radius 2 is 1.94 bits per heavy atom. The van der Waals surface area contributed by atoms with E-state index in [2.05, 4.69) is 31.9 Å². The molecule has 12 heteroatoms. The van der Waals surface area contributed by atoms with Crippen LogP contribution < -0.4 is 14.4 Å². The van der Waals surface area contributed by atoms with Gasteiger partial charge in [-0.25, -0.2) is 18.1 Å². The Morgan fingerprint density at radius 1 is 1.06 bits per heavy atom. The van der Waals surface area contributed by atoms with Crippen LogP contribution in [-0.2, 0) is 41.4 Å². The number of fused-ring (bicyclic) bond motifs is 4. The molecule has 0 spiro atoms. The van der Waals surface area contributed by atoms with Gasteiger partial charge in [0.2, 0.25) is 10.0 Å². The molecule has 0 saturated heterocycles. The normalized spacial score (nSPS) is 28.1. The zero-order valence-electron chi connectivity index (χ0n) is 26.7. The van der Waals surface area contributed by atoms with Gasteiger partial charge in [0.1, 0.15) is 25.3 Å². The number of halogens is 1. The molecule has 1 amide bonds. The zero-order valence-corrected chi connectivity index (χ0v) is 28.3. The summed E-state index contributed by atoms with van der Waals surface area (Å²) in [6.45, 7) is 2.20. The van der Waals surface area contributed by atoms with Gasteiger partial charge in [-0.1, -0.05) is 29.8 Å². The number of rotatable bonds is 3. The lowest BCUT2D eigenvalue weighted by atomic mass is 9.70. The Balaban J connectivity index is 1.23. The van der Waals surface area contributed by atoms with Crippen molar-refractivity contribution in [2.24, 2.45) is 24.8 Å². The molecule has 1 aromatic heterocycles. The summed E-state index contributed by atoms with van der Waals surface area (Å²) < 4.78 is 43.9. The van der Waals surface area contributed by atoms with E-state index in [-0.39, 0.29) is 17.9 Å². The Morgan fingerprint density at radius 3 is 2.70 bits per heavy atom. The number of anilines is 1. The number of benzene rings is 2. The van der Waals surface area contributed by atoms with Gasteiger partial charge in [0.15, 0.2) is 5.82 Å². The lowest BCUT2D eigenvalue weighted by molar-refractivity contribution is -0.0247. The van der Waals surface area contributed by atoms with Crippen molar-refractivity contribution >= 4 is 33.2 Å². The van der Waals surface area contributed by atoms with Crippen LogP contribution in [0.1, 0.15) is 72.3 Å². The smallest absolute Gasteiger partial charge is 0.264 e. The number of nitrogens with zero attached hydrogens (tertiary/aromatic N) is 4. The molecule has 3 aromatic rings. The predicted molar refractivity (Wildman–Crippen MR) is 180 cm³/mol. The second kappa shape index (κ2) is 13.6. The van der Waals surface area contributed by atoms with E-state index in [1.165, 1.54) is 5.56 Å². The molecule has 7 rings (SSSR count). The number of amides is 1. The molecule has 250 valence electrons. The summed E-state index contributed by atoms with van der Waals surface area (Å²) in [6, 6.07) is 11.2. The highest BCUT2D eigenvalue weighted by Gasteiger charge is 2.42. The Kier molecular flexibility index (Phi) is 9.31. The highest BCUT2D eigenvalue weighted by atomic mass is 35.5. The number of carbonyl (C=O) groups excluding carboxylic acids is 1. The van der Waals surface area contributed by atoms with Gasteiger partial charge >= 0.3 is 0 Å². The molecule has 2 bridgehead atoms. The van der Waals surface area contributed by atoms with Crippen molar-refractivity contribution in [3.8, 4) is 5.75 Å². The van der Waals surface area contributed by atoms with Crippen LogP contribution in [0.3, 0.4) is 0 Å². The fraction of sp³-hybridized carbons (Fsp3) is 0.514. The topological polar surface area (TPSA) is 116 Å². The van der Waals surface area contributed by atoms with E-state index in [1.807, 2.05) is 25.2 Å². The molecule has 2 fully saturated rings. The van der Waals surface area contributed by atoms with Gasteiger partial charge in [-0.15, -0.1) is 0 Å². The molecule has 2 saturated carbocycles. The minimum Gasteiger partial charge on any atom is -0.487 e. The number of sulfonamides is 1. The number of hydrogen-bond donors (Lipinski definition) is 1. The lowest BCUT2D eigenvalue weighted by Gasteiger charge is -2.44. The van der Waals surface area contributed by atoms with E-state index in [9.17, 15) is 13.2 Å². The third kappa shape index (κ3) is 7.07. The average Bonchev–Trinajstić information content (AvgIpc) is 3.42. The predicted octanol–water partition coefficient (Wildman–Crippen LogP) is 5.60. The maximum Gasteiger partial charge on any atom is 0.264 e. The van der Waals surface area contributed by atoms with E-state index in [0.717, 1.165) is 62.9 Å². The standard InChI is InChI=1S/C35H42ClN5O5S/c1-40-22-37-34(38-40)21-46-31-7-4-6-23-11-15-33(23)47(43,44)39-35(42)25-10-14-32-30(18-25)41(19-26-9-13-29(26)31)16-3-2-5-24-17-28(36)12-8-27(24)20-45-32/h4,7-8,10,12,14,17-18,22-23,26,29,31,33H,2-3,5-6,9,11,13,15-16,19-21H2,1H3,(H,39,42)/b7-4+/t23-,26-,29+,31-,33-/m0/s1. The second-order valence-corrected chi connectivity index (χ2v) is 15.8. The Bertz CT molecular complexity index is 1760. The van der Waals surface area contributed by atoms with Crippen LogP contribution in [0.25, 0.3) is 0 Å². The Hall–Kier alpha value is -3.41. The molecule has 2 aliphatic carbocycles. The molecule has 2 aliphatic heterocycles. The molecule has 0 radical (unpaired) electrons. The van der Waals surface area contributed by atoms with Gasteiger partial charge in [-0.2, -0.15) is 5.10 Å². The number of hydrogen-bond acceptors (Lipinski definition) is 8.